The summed E-state index contributed by atoms with van der Waals surface area (Å²) in [7, 11) is 1.66. The van der Waals surface area contributed by atoms with Crippen LogP contribution in [0.2, 0.25) is 0 Å². The first-order valence-corrected chi connectivity index (χ1v) is 8.58. The molecule has 4 rings (SSSR count). The molecule has 6 nitrogen and oxygen atoms in total. The number of nitrogens with zero attached hydrogens (tertiary/aromatic N) is 3. The third-order valence-corrected chi connectivity index (χ3v) is 4.93. The zero-order valence-corrected chi connectivity index (χ0v) is 14.8. The van der Waals surface area contributed by atoms with Crippen molar-refractivity contribution in [3.8, 4) is 0 Å². The Kier molecular flexibility index (Phi) is 3.95. The summed E-state index contributed by atoms with van der Waals surface area (Å²) < 4.78 is 6.45. The van der Waals surface area contributed by atoms with Gasteiger partial charge in [0, 0.05) is 37.0 Å². The lowest BCUT2D eigenvalue weighted by atomic mass is 9.89. The Hall–Kier alpha value is -3.15. The van der Waals surface area contributed by atoms with E-state index in [0.717, 1.165) is 29.0 Å². The molecule has 3 aromatic rings. The molecule has 1 atom stereocenters. The molecule has 0 amide bonds. The van der Waals surface area contributed by atoms with Crippen LogP contribution in [0.1, 0.15) is 30.4 Å². The number of allylic oxidation sites excluding steroid dienone is 2. The Balaban J connectivity index is 1.80. The minimum Gasteiger partial charge on any atom is -0.401 e. The number of rotatable bonds is 2. The molecule has 0 spiro atoms. The van der Waals surface area contributed by atoms with Crippen LogP contribution < -0.4 is 11.4 Å². The Bertz CT molecular complexity index is 1090. The summed E-state index contributed by atoms with van der Waals surface area (Å²) >= 11 is 0. The zero-order chi connectivity index (χ0) is 18.3. The number of hydrogen-bond acceptors (Lipinski definition) is 5. The Morgan fingerprint density at radius 2 is 2.04 bits per heavy atom. The van der Waals surface area contributed by atoms with Crippen LogP contribution in [0.3, 0.4) is 0 Å². The Morgan fingerprint density at radius 1 is 1.27 bits per heavy atom. The van der Waals surface area contributed by atoms with Crippen LogP contribution in [-0.2, 0) is 7.05 Å². The first kappa shape index (κ1) is 16.3. The van der Waals surface area contributed by atoms with Crippen LogP contribution in [0.15, 0.2) is 68.2 Å². The van der Waals surface area contributed by atoms with Gasteiger partial charge in [-0.3, -0.25) is 4.99 Å². The number of aryl methyl sites for hydroxylation is 1. The van der Waals surface area contributed by atoms with Gasteiger partial charge in [0.25, 0.3) is 0 Å². The van der Waals surface area contributed by atoms with Crippen molar-refractivity contribution in [1.29, 1.82) is 0 Å². The number of pyridine rings is 1. The van der Waals surface area contributed by atoms with Gasteiger partial charge in [-0.25, -0.2) is 9.78 Å². The summed E-state index contributed by atoms with van der Waals surface area (Å²) in [5.74, 6) is 0.135. The summed E-state index contributed by atoms with van der Waals surface area (Å²) in [6.07, 6.45) is 2.57. The molecule has 0 saturated heterocycles. The third kappa shape index (κ3) is 2.63. The van der Waals surface area contributed by atoms with Crippen molar-refractivity contribution < 1.29 is 4.52 Å². The van der Waals surface area contributed by atoms with Gasteiger partial charge in [-0.05, 0) is 30.5 Å². The quantitative estimate of drug-likeness (QED) is 0.771. The second kappa shape index (κ2) is 6.29. The van der Waals surface area contributed by atoms with E-state index < -0.39 is 5.63 Å². The van der Waals surface area contributed by atoms with Gasteiger partial charge >= 0.3 is 5.63 Å². The molecule has 1 unspecified atom stereocenters. The van der Waals surface area contributed by atoms with Crippen LogP contribution in [0.25, 0.3) is 11.0 Å². The molecule has 132 valence electrons. The second-order valence-electron chi connectivity index (χ2n) is 6.53. The normalized spacial score (nSPS) is 18.1. The highest BCUT2D eigenvalue weighted by Gasteiger charge is 2.23. The van der Waals surface area contributed by atoms with E-state index in [0.29, 0.717) is 17.6 Å². The van der Waals surface area contributed by atoms with Crippen molar-refractivity contribution in [3.63, 3.8) is 0 Å². The van der Waals surface area contributed by atoms with Crippen molar-refractivity contribution in [2.24, 2.45) is 17.8 Å². The first-order chi connectivity index (χ1) is 12.6. The van der Waals surface area contributed by atoms with Gasteiger partial charge < -0.3 is 10.3 Å². The lowest BCUT2D eigenvalue weighted by Gasteiger charge is -2.17. The topological polar surface area (TPSA) is 86.4 Å². The van der Waals surface area contributed by atoms with Crippen molar-refractivity contribution in [1.82, 2.24) is 9.72 Å². The number of aromatic nitrogens is 2. The number of benzene rings is 1. The molecular formula is C20H20N4O2. The van der Waals surface area contributed by atoms with E-state index >= 15 is 0 Å². The fourth-order valence-electron chi connectivity index (χ4n) is 3.52. The molecule has 26 heavy (non-hydrogen) atoms. The lowest BCUT2D eigenvalue weighted by molar-refractivity contribution is 0.294. The first-order valence-electron chi connectivity index (χ1n) is 8.58. The van der Waals surface area contributed by atoms with Crippen LogP contribution in [0.5, 0.6) is 0 Å². The number of hydrogen-bond donors (Lipinski definition) is 1. The fourth-order valence-corrected chi connectivity index (χ4v) is 3.52. The molecule has 2 N–H and O–H groups in total. The van der Waals surface area contributed by atoms with Gasteiger partial charge in [-0.1, -0.05) is 30.3 Å². The molecule has 6 heteroatoms. The van der Waals surface area contributed by atoms with E-state index in [2.05, 4.69) is 17.1 Å². The Labute approximate surface area is 150 Å². The van der Waals surface area contributed by atoms with Gasteiger partial charge in [0.05, 0.1) is 5.71 Å². The van der Waals surface area contributed by atoms with E-state index in [-0.39, 0.29) is 5.92 Å². The van der Waals surface area contributed by atoms with Crippen LogP contribution in [-0.4, -0.2) is 22.0 Å². The van der Waals surface area contributed by atoms with Crippen LogP contribution in [0, 0.1) is 0 Å². The summed E-state index contributed by atoms with van der Waals surface area (Å²) in [5.41, 5.74) is 11.1. The van der Waals surface area contributed by atoms with Crippen molar-refractivity contribution in [3.05, 3.63) is 75.4 Å². The smallest absolute Gasteiger partial charge is 0.367 e. The van der Waals surface area contributed by atoms with E-state index in [1.807, 2.05) is 25.1 Å². The highest BCUT2D eigenvalue weighted by atomic mass is 16.5. The van der Waals surface area contributed by atoms with Crippen molar-refractivity contribution >= 4 is 16.7 Å². The maximum Gasteiger partial charge on any atom is 0.367 e. The highest BCUT2D eigenvalue weighted by molar-refractivity contribution is 6.13. The third-order valence-electron chi connectivity index (χ3n) is 4.93. The van der Waals surface area contributed by atoms with Gasteiger partial charge in [0.15, 0.2) is 5.65 Å². The molecule has 2 aromatic heterocycles. The maximum atomic E-state index is 12.0. The fraction of sp³-hybridized carbons (Fsp3) is 0.250. The van der Waals surface area contributed by atoms with E-state index in [9.17, 15) is 4.79 Å². The van der Waals surface area contributed by atoms with Crippen molar-refractivity contribution in [2.75, 3.05) is 6.54 Å². The largest absolute Gasteiger partial charge is 0.401 e. The molecule has 0 fully saturated rings. The summed E-state index contributed by atoms with van der Waals surface area (Å²) in [5, 5.41) is 0.447. The molecular weight excluding hydrogens is 328 g/mol. The predicted octanol–water partition coefficient (Wildman–Crippen LogP) is 2.74. The molecule has 1 aromatic carbocycles. The number of fused-ring (bicyclic) bond motifs is 1. The van der Waals surface area contributed by atoms with E-state index in [1.54, 1.807) is 19.3 Å². The van der Waals surface area contributed by atoms with Gasteiger partial charge in [-0.15, -0.1) is 0 Å². The van der Waals surface area contributed by atoms with Crippen molar-refractivity contribution in [2.45, 2.75) is 19.3 Å². The van der Waals surface area contributed by atoms with Crippen LogP contribution >= 0.6 is 0 Å². The molecule has 0 radical (unpaired) electrons. The molecule has 3 heterocycles. The van der Waals surface area contributed by atoms with Crippen LogP contribution in [0.4, 0.5) is 0 Å². The molecule has 0 aliphatic carbocycles. The Morgan fingerprint density at radius 3 is 2.81 bits per heavy atom. The number of nitrogens with two attached hydrogens (primary N) is 1. The van der Waals surface area contributed by atoms with Gasteiger partial charge in [0.1, 0.15) is 5.39 Å². The monoisotopic (exact) mass is 348 g/mol. The van der Waals surface area contributed by atoms with Gasteiger partial charge in [0.2, 0.25) is 0 Å². The summed E-state index contributed by atoms with van der Waals surface area (Å²) in [4.78, 5) is 21.1. The zero-order valence-electron chi connectivity index (χ0n) is 14.8. The standard InChI is InChI=1S/C20H20N4O2/c1-12-17(21)15(13-6-4-3-5-7-13)8-9-22-18(12)14-10-16-19(23-11-14)24(2)26-20(16)25/h3-7,10-11,15H,8-9,21H2,1-2H3. The molecule has 1 aliphatic heterocycles. The molecule has 0 saturated carbocycles. The second-order valence-corrected chi connectivity index (χ2v) is 6.53. The minimum absolute atomic E-state index is 0.135. The highest BCUT2D eigenvalue weighted by Crippen LogP contribution is 2.30. The van der Waals surface area contributed by atoms with E-state index in [4.69, 9.17) is 15.2 Å². The summed E-state index contributed by atoms with van der Waals surface area (Å²) in [6.45, 7) is 2.64. The average Bonchev–Trinajstić information content (AvgIpc) is 2.85. The summed E-state index contributed by atoms with van der Waals surface area (Å²) in [6, 6.07) is 12.0. The molecule has 0 bridgehead atoms. The lowest BCUT2D eigenvalue weighted by Crippen LogP contribution is -2.15. The number of aliphatic imine (C=N–C) groups is 1. The SMILES string of the molecule is CC1=C(N)C(c2ccccc2)CCN=C1c1cnc2c(c1)c(=O)on2C. The maximum absolute atomic E-state index is 12.0. The molecule has 1 aliphatic rings. The van der Waals surface area contributed by atoms with Gasteiger partial charge in [-0.2, -0.15) is 4.74 Å². The average molecular weight is 348 g/mol. The minimum atomic E-state index is -0.400. The predicted molar refractivity (Wildman–Crippen MR) is 101 cm³/mol. The van der Waals surface area contributed by atoms with E-state index in [1.165, 1.54) is 10.3 Å².